The molecule has 0 aromatic heterocycles. The number of unbranched alkanes of at least 4 members (excludes halogenated alkanes) is 19. The summed E-state index contributed by atoms with van der Waals surface area (Å²) >= 11 is 0. The van der Waals surface area contributed by atoms with Gasteiger partial charge in [0.15, 0.2) is 6.10 Å². The van der Waals surface area contributed by atoms with E-state index in [2.05, 4.69) is 50.3 Å². The normalized spacial score (nSPS) is 22.6. The number of hydrogen-bond donors (Lipinski definition) is 6. The highest BCUT2D eigenvalue weighted by Crippen LogP contribution is 2.47. The molecule has 0 amide bonds. The third-order valence-electron chi connectivity index (χ3n) is 10.5. The van der Waals surface area contributed by atoms with Gasteiger partial charge in [0, 0.05) is 12.8 Å². The van der Waals surface area contributed by atoms with Crippen molar-refractivity contribution in [3.8, 4) is 0 Å². The lowest BCUT2D eigenvalue weighted by Crippen LogP contribution is -2.64. The van der Waals surface area contributed by atoms with Crippen LogP contribution in [0.15, 0.2) is 36.5 Å². The van der Waals surface area contributed by atoms with Crippen LogP contribution < -0.4 is 0 Å². The fourth-order valence-electron chi connectivity index (χ4n) is 6.72. The standard InChI is InChI=1S/C45H81O13P/c1-3-5-7-9-11-13-15-17-19-21-23-25-27-29-31-33-38(46)55-35-37(36-56-59(53,54)58-45-43(51)41(49)40(48)42(50)44(45)52)57-39(47)34-32-30-28-26-24-22-20-18-16-14-12-10-8-6-4-2/h17-20,23,25,37,40-45,48-52H,3-16,21-22,24,26-36H2,1-2H3,(H,53,54)/b19-17+,20-18+,25-23+/t37-,40?,41-,42?,43?,44?,45?/m1/s1. The van der Waals surface area contributed by atoms with Crippen LogP contribution in [0.3, 0.4) is 0 Å². The molecule has 0 heterocycles. The maximum atomic E-state index is 12.8. The number of aliphatic hydroxyl groups is 5. The minimum Gasteiger partial charge on any atom is -0.462 e. The van der Waals surface area contributed by atoms with Crippen LogP contribution in [0.2, 0.25) is 0 Å². The van der Waals surface area contributed by atoms with E-state index in [9.17, 15) is 44.6 Å². The molecule has 8 atom stereocenters. The van der Waals surface area contributed by atoms with Gasteiger partial charge in [0.2, 0.25) is 0 Å². The van der Waals surface area contributed by atoms with E-state index in [0.717, 1.165) is 64.2 Å². The molecule has 1 saturated carbocycles. The quantitative estimate of drug-likeness (QED) is 0.0150. The van der Waals surface area contributed by atoms with Crippen molar-refractivity contribution in [3.05, 3.63) is 36.5 Å². The van der Waals surface area contributed by atoms with Crippen molar-refractivity contribution in [1.29, 1.82) is 0 Å². The molecular formula is C45H81O13P. The van der Waals surface area contributed by atoms with Gasteiger partial charge >= 0.3 is 19.8 Å². The van der Waals surface area contributed by atoms with Crippen LogP contribution in [-0.4, -0.2) is 98.3 Å². The van der Waals surface area contributed by atoms with Crippen LogP contribution in [-0.2, 0) is 32.7 Å². The Labute approximate surface area is 355 Å². The lowest BCUT2D eigenvalue weighted by Gasteiger charge is -2.41. The number of carbonyl (C=O) groups is 2. The van der Waals surface area contributed by atoms with Crippen molar-refractivity contribution in [2.24, 2.45) is 0 Å². The Hall–Kier alpha value is -1.93. The van der Waals surface area contributed by atoms with E-state index >= 15 is 0 Å². The summed E-state index contributed by atoms with van der Waals surface area (Å²) < 4.78 is 33.5. The maximum Gasteiger partial charge on any atom is 0.472 e. The average Bonchev–Trinajstić information content (AvgIpc) is 3.21. The highest BCUT2D eigenvalue weighted by molar-refractivity contribution is 7.47. The summed E-state index contributed by atoms with van der Waals surface area (Å²) in [6, 6.07) is 0. The van der Waals surface area contributed by atoms with E-state index < -0.39 is 75.7 Å². The minimum absolute atomic E-state index is 0.0802. The topological polar surface area (TPSA) is 210 Å². The molecule has 0 saturated heterocycles. The van der Waals surface area contributed by atoms with Crippen LogP contribution >= 0.6 is 7.82 Å². The Kier molecular flexibility index (Phi) is 33.3. The lowest BCUT2D eigenvalue weighted by molar-refractivity contribution is -0.220. The number of allylic oxidation sites excluding steroid dienone is 6. The van der Waals surface area contributed by atoms with Crippen LogP contribution in [0.1, 0.15) is 181 Å². The van der Waals surface area contributed by atoms with Crippen LogP contribution in [0.4, 0.5) is 0 Å². The zero-order valence-corrected chi connectivity index (χ0v) is 37.2. The molecule has 13 nitrogen and oxygen atoms in total. The van der Waals surface area contributed by atoms with Gasteiger partial charge in [-0.3, -0.25) is 18.6 Å². The zero-order chi connectivity index (χ0) is 43.6. The molecule has 0 aromatic carbocycles. The second-order valence-electron chi connectivity index (χ2n) is 15.9. The molecule has 1 aliphatic rings. The van der Waals surface area contributed by atoms with Crippen LogP contribution in [0.25, 0.3) is 0 Å². The van der Waals surface area contributed by atoms with Gasteiger partial charge in [-0.2, -0.15) is 0 Å². The molecule has 1 aliphatic carbocycles. The van der Waals surface area contributed by atoms with Crippen LogP contribution in [0.5, 0.6) is 0 Å². The van der Waals surface area contributed by atoms with Crippen LogP contribution in [0, 0.1) is 0 Å². The van der Waals surface area contributed by atoms with Gasteiger partial charge in [-0.05, 0) is 70.6 Å². The molecule has 0 radical (unpaired) electrons. The Bertz CT molecular complexity index is 1180. The lowest BCUT2D eigenvalue weighted by atomic mass is 9.85. The van der Waals surface area contributed by atoms with Gasteiger partial charge in [-0.15, -0.1) is 0 Å². The van der Waals surface area contributed by atoms with Crippen molar-refractivity contribution >= 4 is 19.8 Å². The van der Waals surface area contributed by atoms with Crippen molar-refractivity contribution in [1.82, 2.24) is 0 Å². The fraction of sp³-hybridized carbons (Fsp3) is 0.822. The van der Waals surface area contributed by atoms with Gasteiger partial charge in [0.25, 0.3) is 0 Å². The summed E-state index contributed by atoms with van der Waals surface area (Å²) in [5.41, 5.74) is 0. The van der Waals surface area contributed by atoms with E-state index in [4.69, 9.17) is 18.5 Å². The second-order valence-corrected chi connectivity index (χ2v) is 17.3. The predicted molar refractivity (Wildman–Crippen MR) is 230 cm³/mol. The molecule has 0 aliphatic heterocycles. The first-order valence-corrected chi connectivity index (χ1v) is 24.3. The first-order chi connectivity index (χ1) is 28.4. The summed E-state index contributed by atoms with van der Waals surface area (Å²) in [5, 5.41) is 50.1. The van der Waals surface area contributed by atoms with Crippen molar-refractivity contribution in [2.75, 3.05) is 13.2 Å². The zero-order valence-electron chi connectivity index (χ0n) is 36.3. The molecule has 59 heavy (non-hydrogen) atoms. The summed E-state index contributed by atoms with van der Waals surface area (Å²) in [6.45, 7) is 3.24. The third-order valence-corrected chi connectivity index (χ3v) is 11.4. The Balaban J connectivity index is 2.50. The highest BCUT2D eigenvalue weighted by atomic mass is 31.2. The molecule has 6 unspecified atom stereocenters. The van der Waals surface area contributed by atoms with Gasteiger partial charge in [-0.25, -0.2) is 4.57 Å². The minimum atomic E-state index is -5.12. The number of aliphatic hydroxyl groups excluding tert-OH is 5. The number of phosphoric acid groups is 1. The summed E-state index contributed by atoms with van der Waals surface area (Å²) in [7, 11) is -5.12. The number of carbonyl (C=O) groups excluding carboxylic acids is 2. The molecule has 344 valence electrons. The molecular weight excluding hydrogens is 779 g/mol. The summed E-state index contributed by atoms with van der Waals surface area (Å²) in [6.07, 6.45) is 26.3. The molecule has 1 fully saturated rings. The smallest absolute Gasteiger partial charge is 0.462 e. The molecule has 1 rings (SSSR count). The Morgan fingerprint density at radius 2 is 0.915 bits per heavy atom. The van der Waals surface area contributed by atoms with Gasteiger partial charge in [-0.1, -0.05) is 134 Å². The van der Waals surface area contributed by atoms with Gasteiger partial charge in [0.1, 0.15) is 43.2 Å². The van der Waals surface area contributed by atoms with Gasteiger partial charge in [0.05, 0.1) is 6.61 Å². The predicted octanol–water partition coefficient (Wildman–Crippen LogP) is 8.61. The molecule has 0 spiro atoms. The van der Waals surface area contributed by atoms with E-state index in [0.29, 0.717) is 12.8 Å². The van der Waals surface area contributed by atoms with E-state index in [1.807, 2.05) is 0 Å². The van der Waals surface area contributed by atoms with E-state index in [1.54, 1.807) is 0 Å². The first kappa shape index (κ1) is 55.1. The first-order valence-electron chi connectivity index (χ1n) is 22.8. The SMILES string of the molecule is CCCCCCCC/C=C/C/C=C/CCCCC(=O)OC[C@H](COP(=O)(O)OC1C(O)C(O)C(O)[C@@H](O)C1O)OC(=O)CCCCCCC/C=C/CCCCCCCC. The molecule has 6 N–H and O–H groups in total. The van der Waals surface area contributed by atoms with Crippen molar-refractivity contribution in [2.45, 2.75) is 224 Å². The Morgan fingerprint density at radius 1 is 0.525 bits per heavy atom. The number of hydrogen-bond acceptors (Lipinski definition) is 12. The Morgan fingerprint density at radius 3 is 1.42 bits per heavy atom. The summed E-state index contributed by atoms with van der Waals surface area (Å²) in [4.78, 5) is 35.6. The van der Waals surface area contributed by atoms with Crippen molar-refractivity contribution < 1.29 is 63.1 Å². The number of phosphoric ester groups is 1. The largest absolute Gasteiger partial charge is 0.472 e. The molecule has 14 heteroatoms. The fourth-order valence-corrected chi connectivity index (χ4v) is 7.70. The maximum absolute atomic E-state index is 12.8. The molecule has 0 aromatic rings. The third kappa shape index (κ3) is 28.3. The average molecular weight is 861 g/mol. The van der Waals surface area contributed by atoms with Gasteiger partial charge < -0.3 is 39.9 Å². The highest BCUT2D eigenvalue weighted by Gasteiger charge is 2.51. The monoisotopic (exact) mass is 861 g/mol. The summed E-state index contributed by atoms with van der Waals surface area (Å²) in [5.74, 6) is -1.15. The van der Waals surface area contributed by atoms with E-state index in [1.165, 1.54) is 77.0 Å². The number of rotatable bonds is 37. The molecule has 0 bridgehead atoms. The number of esters is 2. The van der Waals surface area contributed by atoms with E-state index in [-0.39, 0.29) is 12.8 Å². The number of ether oxygens (including phenoxy) is 2. The second kappa shape index (κ2) is 35.6. The van der Waals surface area contributed by atoms with Crippen molar-refractivity contribution in [3.63, 3.8) is 0 Å².